The Hall–Kier alpha value is 0.234. The van der Waals surface area contributed by atoms with Gasteiger partial charge in [0, 0.05) is 28.4 Å². The zero-order chi connectivity index (χ0) is 16.1. The summed E-state index contributed by atoms with van der Waals surface area (Å²) in [5, 5.41) is 3.55. The number of hydrogen-bond donors (Lipinski definition) is 1. The van der Waals surface area contributed by atoms with Gasteiger partial charge in [0.2, 0.25) is 0 Å². The van der Waals surface area contributed by atoms with Gasteiger partial charge in [-0.3, -0.25) is 0 Å². The van der Waals surface area contributed by atoms with Crippen LogP contribution < -0.4 is 5.32 Å². The number of rotatable bonds is 14. The zero-order valence-electron chi connectivity index (χ0n) is 14.7. The van der Waals surface area contributed by atoms with E-state index >= 15 is 0 Å². The first-order valence-electron chi connectivity index (χ1n) is 7.89. The number of hydrogen-bond acceptors (Lipinski definition) is 5. The van der Waals surface area contributed by atoms with E-state index in [1.807, 2.05) is 0 Å². The molecule has 0 aliphatic heterocycles. The minimum atomic E-state index is -0.332. The second-order valence-corrected chi connectivity index (χ2v) is 10.9. The van der Waals surface area contributed by atoms with E-state index in [0.717, 1.165) is 24.2 Å². The third-order valence-corrected chi connectivity index (χ3v) is 8.40. The highest BCUT2D eigenvalue weighted by molar-refractivity contribution is 6.38. The Bertz CT molecular complexity index is 207. The Labute approximate surface area is 135 Å². The minimum absolute atomic E-state index is 0.0612. The lowest BCUT2D eigenvalue weighted by molar-refractivity contribution is -0.0448. The summed E-state index contributed by atoms with van der Waals surface area (Å²) in [7, 11) is 6.24. The summed E-state index contributed by atoms with van der Waals surface area (Å²) < 4.78 is 21.1. The summed E-state index contributed by atoms with van der Waals surface area (Å²) in [6.07, 6.45) is 2.42. The van der Waals surface area contributed by atoms with Gasteiger partial charge in [0.1, 0.15) is 11.8 Å². The minimum Gasteiger partial charge on any atom is -0.360 e. The monoisotopic (exact) mass is 337 g/mol. The van der Waals surface area contributed by atoms with Crippen LogP contribution in [0.25, 0.3) is 0 Å². The maximum absolute atomic E-state index is 5.29. The van der Waals surface area contributed by atoms with Gasteiger partial charge in [0.15, 0.2) is 0 Å². The number of ether oxygens (including phenoxy) is 4. The molecule has 0 aliphatic carbocycles. The van der Waals surface area contributed by atoms with E-state index < -0.39 is 0 Å². The number of nitrogens with one attached hydrogen (secondary N) is 1. The van der Waals surface area contributed by atoms with Crippen molar-refractivity contribution in [1.29, 1.82) is 0 Å². The van der Waals surface area contributed by atoms with Crippen LogP contribution in [0, 0.1) is 0 Å². The van der Waals surface area contributed by atoms with Crippen molar-refractivity contribution in [1.82, 2.24) is 5.32 Å². The molecular formula is C14H35NO4Si2. The molecule has 0 heterocycles. The molecule has 21 heavy (non-hydrogen) atoms. The van der Waals surface area contributed by atoms with E-state index in [1.165, 1.54) is 12.8 Å². The van der Waals surface area contributed by atoms with Gasteiger partial charge >= 0.3 is 0 Å². The van der Waals surface area contributed by atoms with Crippen molar-refractivity contribution in [2.45, 2.75) is 49.6 Å². The van der Waals surface area contributed by atoms with Gasteiger partial charge in [0.05, 0.1) is 19.0 Å². The Morgan fingerprint density at radius 3 is 1.33 bits per heavy atom. The zero-order valence-corrected chi connectivity index (χ0v) is 17.5. The molecule has 2 atom stereocenters. The van der Waals surface area contributed by atoms with Crippen molar-refractivity contribution in [3.05, 3.63) is 0 Å². The summed E-state index contributed by atoms with van der Waals surface area (Å²) in [6.45, 7) is 6.77. The van der Waals surface area contributed by atoms with Gasteiger partial charge in [-0.25, -0.2) is 0 Å². The molecule has 0 bridgehead atoms. The largest absolute Gasteiger partial charge is 0.360 e. The molecule has 0 amide bonds. The van der Waals surface area contributed by atoms with Crippen LogP contribution in [0.4, 0.5) is 0 Å². The normalized spacial score (nSPS) is 16.0. The fourth-order valence-corrected chi connectivity index (χ4v) is 5.26. The lowest BCUT2D eigenvalue weighted by Crippen LogP contribution is -2.28. The Kier molecular flexibility index (Phi) is 14.0. The second-order valence-electron chi connectivity index (χ2n) is 5.81. The van der Waals surface area contributed by atoms with E-state index in [0.29, 0.717) is 0 Å². The van der Waals surface area contributed by atoms with Crippen molar-refractivity contribution < 1.29 is 18.9 Å². The summed E-state index contributed by atoms with van der Waals surface area (Å²) in [5.74, 6) is 0.122. The SMILES string of the molecule is COC(OC)[SiH2]C(C)CCNCCC(C)[SiH2]C(OC)OC. The quantitative estimate of drug-likeness (QED) is 0.284. The second kappa shape index (κ2) is 13.9. The molecule has 1 N–H and O–H groups in total. The highest BCUT2D eigenvalue weighted by atomic mass is 28.2. The van der Waals surface area contributed by atoms with Crippen LogP contribution in [0.15, 0.2) is 0 Å². The predicted molar refractivity (Wildman–Crippen MR) is 93.7 cm³/mol. The van der Waals surface area contributed by atoms with E-state index in [-0.39, 0.29) is 30.9 Å². The summed E-state index contributed by atoms with van der Waals surface area (Å²) >= 11 is 0. The lowest BCUT2D eigenvalue weighted by atomic mass is 10.3. The third kappa shape index (κ3) is 11.5. The maximum atomic E-state index is 5.29. The van der Waals surface area contributed by atoms with Crippen LogP contribution in [0.1, 0.15) is 26.7 Å². The Morgan fingerprint density at radius 1 is 0.714 bits per heavy atom. The highest BCUT2D eigenvalue weighted by Gasteiger charge is 2.13. The maximum Gasteiger partial charge on any atom is 0.134 e. The van der Waals surface area contributed by atoms with Gasteiger partial charge in [-0.2, -0.15) is 0 Å². The van der Waals surface area contributed by atoms with Crippen molar-refractivity contribution in [2.24, 2.45) is 0 Å². The smallest absolute Gasteiger partial charge is 0.134 e. The summed E-state index contributed by atoms with van der Waals surface area (Å²) in [6, 6.07) is 0. The van der Waals surface area contributed by atoms with Crippen molar-refractivity contribution in [3.8, 4) is 0 Å². The molecule has 0 saturated heterocycles. The Balaban J connectivity index is 3.58. The van der Waals surface area contributed by atoms with Gasteiger partial charge in [-0.1, -0.05) is 13.8 Å². The van der Waals surface area contributed by atoms with E-state index in [1.54, 1.807) is 28.4 Å². The van der Waals surface area contributed by atoms with Crippen LogP contribution in [0.5, 0.6) is 0 Å². The number of methoxy groups -OCH3 is 4. The standard InChI is InChI=1S/C14H35NO4Si2/c1-11(20-13(16-3)17-4)7-9-15-10-8-12(2)21-14(18-5)19-6/h11-15H,7-10,20-21H2,1-6H3. The van der Waals surface area contributed by atoms with Crippen LogP contribution in [-0.2, 0) is 18.9 Å². The first-order valence-corrected chi connectivity index (χ1v) is 11.2. The lowest BCUT2D eigenvalue weighted by Gasteiger charge is -2.19. The molecule has 7 heteroatoms. The molecule has 0 saturated carbocycles. The van der Waals surface area contributed by atoms with Crippen molar-refractivity contribution in [2.75, 3.05) is 41.5 Å². The molecular weight excluding hydrogens is 302 g/mol. The molecule has 2 unspecified atom stereocenters. The molecule has 0 rings (SSSR count). The van der Waals surface area contributed by atoms with Crippen molar-refractivity contribution in [3.63, 3.8) is 0 Å². The molecule has 0 radical (unpaired) electrons. The van der Waals surface area contributed by atoms with E-state index in [9.17, 15) is 0 Å². The molecule has 0 fully saturated rings. The molecule has 0 aromatic heterocycles. The highest BCUT2D eigenvalue weighted by Crippen LogP contribution is 2.11. The molecule has 0 aromatic rings. The van der Waals surface area contributed by atoms with Crippen molar-refractivity contribution >= 4 is 19.0 Å². The molecule has 0 aromatic carbocycles. The molecule has 0 spiro atoms. The van der Waals surface area contributed by atoms with Crippen LogP contribution in [0.2, 0.25) is 11.1 Å². The topological polar surface area (TPSA) is 49.0 Å². The first kappa shape index (κ1) is 21.2. The predicted octanol–water partition coefficient (Wildman–Crippen LogP) is 0.463. The average molecular weight is 338 g/mol. The average Bonchev–Trinajstić information content (AvgIpc) is 2.49. The summed E-state index contributed by atoms with van der Waals surface area (Å²) in [4.78, 5) is 0. The van der Waals surface area contributed by atoms with E-state index in [4.69, 9.17) is 18.9 Å². The summed E-state index contributed by atoms with van der Waals surface area (Å²) in [5.41, 5.74) is 1.47. The Morgan fingerprint density at radius 2 is 1.05 bits per heavy atom. The van der Waals surface area contributed by atoms with E-state index in [2.05, 4.69) is 19.2 Å². The fourth-order valence-electron chi connectivity index (χ4n) is 2.29. The van der Waals surface area contributed by atoms with Gasteiger partial charge in [-0.05, 0) is 37.0 Å². The van der Waals surface area contributed by atoms with Crippen LogP contribution in [0.3, 0.4) is 0 Å². The fraction of sp³-hybridized carbons (Fsp3) is 1.00. The third-order valence-electron chi connectivity index (χ3n) is 3.87. The first-order chi connectivity index (χ1) is 10.1. The molecule has 5 nitrogen and oxygen atoms in total. The molecule has 128 valence electrons. The van der Waals surface area contributed by atoms with Crippen LogP contribution >= 0.6 is 0 Å². The molecule has 0 aliphatic rings. The van der Waals surface area contributed by atoms with Gasteiger partial charge < -0.3 is 24.3 Å². The van der Waals surface area contributed by atoms with Gasteiger partial charge in [-0.15, -0.1) is 0 Å². The van der Waals surface area contributed by atoms with Gasteiger partial charge in [0.25, 0.3) is 0 Å². The van der Waals surface area contributed by atoms with Crippen LogP contribution in [-0.4, -0.2) is 72.4 Å².